The molecule has 1 heteroatoms. The molecule has 1 saturated heterocycles. The Morgan fingerprint density at radius 2 is 1.33 bits per heavy atom. The van der Waals surface area contributed by atoms with Gasteiger partial charge in [0.25, 0.3) is 0 Å². The van der Waals surface area contributed by atoms with Crippen LogP contribution in [0.3, 0.4) is 0 Å². The van der Waals surface area contributed by atoms with Crippen LogP contribution < -0.4 is 0 Å². The molecular formula is C14H28S. The summed E-state index contributed by atoms with van der Waals surface area (Å²) in [5, 5.41) is 0. The van der Waals surface area contributed by atoms with E-state index in [1.54, 1.807) is 0 Å². The maximum absolute atomic E-state index is 2.43. The summed E-state index contributed by atoms with van der Waals surface area (Å²) in [6.45, 7) is 14.6. The van der Waals surface area contributed by atoms with Gasteiger partial charge >= 0.3 is 0 Å². The van der Waals surface area contributed by atoms with Crippen LogP contribution in [0.2, 0.25) is 0 Å². The number of hydrogen-bond donors (Lipinski definition) is 0. The predicted octanol–water partition coefficient (Wildman–Crippen LogP) is 5.12. The van der Waals surface area contributed by atoms with E-state index in [1.807, 2.05) is 0 Å². The van der Waals surface area contributed by atoms with Crippen molar-refractivity contribution in [1.82, 2.24) is 0 Å². The van der Waals surface area contributed by atoms with Crippen LogP contribution in [0.1, 0.15) is 67.2 Å². The molecule has 1 heterocycles. The summed E-state index contributed by atoms with van der Waals surface area (Å²) >= 11 is 2.25. The molecule has 90 valence electrons. The van der Waals surface area contributed by atoms with Gasteiger partial charge in [-0.2, -0.15) is 11.8 Å². The number of rotatable bonds is 0. The standard InChI is InChI=1S/C14H28S/c1-12(2,3)14(13(4,5)6)10-8-7-9-11-15-14/h7-11H2,1-6H3. The SMILES string of the molecule is CC(C)(C)C1(C(C)(C)C)CCCCCS1. The summed E-state index contributed by atoms with van der Waals surface area (Å²) in [6.07, 6.45) is 5.66. The highest BCUT2D eigenvalue weighted by molar-refractivity contribution is 8.00. The third-order valence-corrected chi connectivity index (χ3v) is 6.36. The molecule has 15 heavy (non-hydrogen) atoms. The van der Waals surface area contributed by atoms with Gasteiger partial charge in [-0.05, 0) is 29.4 Å². The van der Waals surface area contributed by atoms with E-state index < -0.39 is 0 Å². The van der Waals surface area contributed by atoms with Crippen LogP contribution in [0.4, 0.5) is 0 Å². The minimum absolute atomic E-state index is 0.403. The summed E-state index contributed by atoms with van der Waals surface area (Å²) in [4.78, 5) is 0. The van der Waals surface area contributed by atoms with E-state index in [-0.39, 0.29) is 0 Å². The van der Waals surface area contributed by atoms with Gasteiger partial charge in [-0.1, -0.05) is 54.4 Å². The molecule has 0 bridgehead atoms. The monoisotopic (exact) mass is 228 g/mol. The Labute approximate surface area is 101 Å². The van der Waals surface area contributed by atoms with Crippen LogP contribution in [-0.4, -0.2) is 10.5 Å². The number of thioether (sulfide) groups is 1. The predicted molar refractivity (Wildman–Crippen MR) is 72.6 cm³/mol. The molecule has 1 aliphatic rings. The first kappa shape index (κ1) is 13.4. The van der Waals surface area contributed by atoms with E-state index in [0.717, 1.165) is 0 Å². The molecule has 0 aromatic carbocycles. The van der Waals surface area contributed by atoms with Crippen molar-refractivity contribution in [2.24, 2.45) is 10.8 Å². The van der Waals surface area contributed by atoms with Crippen LogP contribution in [-0.2, 0) is 0 Å². The molecule has 0 amide bonds. The third-order valence-electron chi connectivity index (χ3n) is 3.94. The van der Waals surface area contributed by atoms with Crippen molar-refractivity contribution >= 4 is 11.8 Å². The van der Waals surface area contributed by atoms with Crippen LogP contribution in [0.5, 0.6) is 0 Å². The van der Waals surface area contributed by atoms with Crippen molar-refractivity contribution < 1.29 is 0 Å². The lowest BCUT2D eigenvalue weighted by Gasteiger charge is -2.53. The second kappa shape index (κ2) is 4.31. The Kier molecular flexibility index (Phi) is 3.86. The van der Waals surface area contributed by atoms with Gasteiger partial charge in [0.1, 0.15) is 0 Å². The normalized spacial score (nSPS) is 23.6. The smallest absolute Gasteiger partial charge is 0.0256 e. The molecule has 0 nitrogen and oxygen atoms in total. The fourth-order valence-electron chi connectivity index (χ4n) is 3.28. The summed E-state index contributed by atoms with van der Waals surface area (Å²) in [7, 11) is 0. The van der Waals surface area contributed by atoms with Crippen molar-refractivity contribution in [2.45, 2.75) is 72.0 Å². The van der Waals surface area contributed by atoms with Crippen LogP contribution in [0.25, 0.3) is 0 Å². The van der Waals surface area contributed by atoms with Gasteiger partial charge < -0.3 is 0 Å². The fourth-order valence-corrected chi connectivity index (χ4v) is 5.13. The molecule has 0 saturated carbocycles. The topological polar surface area (TPSA) is 0 Å². The van der Waals surface area contributed by atoms with E-state index in [4.69, 9.17) is 0 Å². The van der Waals surface area contributed by atoms with Crippen molar-refractivity contribution in [3.63, 3.8) is 0 Å². The Bertz CT molecular complexity index is 180. The van der Waals surface area contributed by atoms with Crippen LogP contribution in [0.15, 0.2) is 0 Å². The van der Waals surface area contributed by atoms with Crippen LogP contribution >= 0.6 is 11.8 Å². The lowest BCUT2D eigenvalue weighted by molar-refractivity contribution is 0.130. The summed E-state index contributed by atoms with van der Waals surface area (Å²) < 4.78 is 0.455. The van der Waals surface area contributed by atoms with Crippen LogP contribution in [0, 0.1) is 10.8 Å². The van der Waals surface area contributed by atoms with Gasteiger partial charge in [0.15, 0.2) is 0 Å². The minimum Gasteiger partial charge on any atom is -0.154 e. The first-order chi connectivity index (χ1) is 6.71. The highest BCUT2D eigenvalue weighted by atomic mass is 32.2. The lowest BCUT2D eigenvalue weighted by Crippen LogP contribution is -2.50. The largest absolute Gasteiger partial charge is 0.154 e. The zero-order valence-electron chi connectivity index (χ0n) is 11.4. The van der Waals surface area contributed by atoms with E-state index in [0.29, 0.717) is 15.6 Å². The molecule has 1 rings (SSSR count). The molecule has 0 aliphatic carbocycles. The molecule has 0 aromatic heterocycles. The molecule has 0 spiro atoms. The van der Waals surface area contributed by atoms with Gasteiger partial charge in [0.2, 0.25) is 0 Å². The molecule has 0 N–H and O–H groups in total. The van der Waals surface area contributed by atoms with E-state index in [9.17, 15) is 0 Å². The molecular weight excluding hydrogens is 200 g/mol. The van der Waals surface area contributed by atoms with Crippen molar-refractivity contribution in [2.75, 3.05) is 5.75 Å². The average Bonchev–Trinajstić information content (AvgIpc) is 2.25. The molecule has 0 atom stereocenters. The molecule has 0 unspecified atom stereocenters. The Morgan fingerprint density at radius 1 is 0.800 bits per heavy atom. The second-order valence-corrected chi connectivity index (χ2v) is 8.38. The number of hydrogen-bond acceptors (Lipinski definition) is 1. The van der Waals surface area contributed by atoms with Crippen molar-refractivity contribution in [1.29, 1.82) is 0 Å². The molecule has 1 fully saturated rings. The van der Waals surface area contributed by atoms with Crippen molar-refractivity contribution in [3.05, 3.63) is 0 Å². The van der Waals surface area contributed by atoms with Gasteiger partial charge in [-0.15, -0.1) is 0 Å². The lowest BCUT2D eigenvalue weighted by atomic mass is 9.63. The third kappa shape index (κ3) is 2.54. The first-order valence-corrected chi connectivity index (χ1v) is 7.33. The van der Waals surface area contributed by atoms with Gasteiger partial charge in [0.05, 0.1) is 0 Å². The fraction of sp³-hybridized carbons (Fsp3) is 1.00. The van der Waals surface area contributed by atoms with Crippen molar-refractivity contribution in [3.8, 4) is 0 Å². The molecule has 0 aromatic rings. The highest BCUT2D eigenvalue weighted by Gasteiger charge is 2.50. The zero-order valence-corrected chi connectivity index (χ0v) is 12.3. The average molecular weight is 228 g/mol. The minimum atomic E-state index is 0.403. The maximum atomic E-state index is 2.43. The van der Waals surface area contributed by atoms with Gasteiger partial charge in [-0.25, -0.2) is 0 Å². The summed E-state index contributed by atoms with van der Waals surface area (Å²) in [6, 6.07) is 0. The van der Waals surface area contributed by atoms with E-state index in [2.05, 4.69) is 53.3 Å². The molecule has 0 radical (unpaired) electrons. The zero-order chi connectivity index (χ0) is 11.7. The van der Waals surface area contributed by atoms with Gasteiger partial charge in [-0.3, -0.25) is 0 Å². The Hall–Kier alpha value is 0.350. The van der Waals surface area contributed by atoms with Gasteiger partial charge in [0, 0.05) is 4.75 Å². The quantitative estimate of drug-likeness (QED) is 0.554. The summed E-state index contributed by atoms with van der Waals surface area (Å²) in [5.41, 5.74) is 0.806. The molecule has 1 aliphatic heterocycles. The van der Waals surface area contributed by atoms with E-state index in [1.165, 1.54) is 31.4 Å². The van der Waals surface area contributed by atoms with E-state index >= 15 is 0 Å². The maximum Gasteiger partial charge on any atom is 0.0256 e. The first-order valence-electron chi connectivity index (χ1n) is 6.35. The summed E-state index contributed by atoms with van der Waals surface area (Å²) in [5.74, 6) is 1.36. The Morgan fingerprint density at radius 3 is 1.80 bits per heavy atom. The highest BCUT2D eigenvalue weighted by Crippen LogP contribution is 2.57. The second-order valence-electron chi connectivity index (χ2n) is 6.99. The Balaban J connectivity index is 3.05.